The first-order valence-corrected chi connectivity index (χ1v) is 4.98. The molecule has 2 rings (SSSR count). The molecule has 0 atom stereocenters. The molecule has 0 aliphatic heterocycles. The lowest BCUT2D eigenvalue weighted by Gasteiger charge is -2.05. The molecule has 0 bridgehead atoms. The SMILES string of the molecule is Nc1ccc(NC(=O)c2ccc(=O)[nH]n2)c(F)c1. The van der Waals surface area contributed by atoms with Crippen LogP contribution in [-0.4, -0.2) is 16.1 Å². The molecule has 2 aromatic rings. The first-order chi connectivity index (χ1) is 8.56. The van der Waals surface area contributed by atoms with Crippen LogP contribution in [0.4, 0.5) is 15.8 Å². The number of benzene rings is 1. The van der Waals surface area contributed by atoms with Gasteiger partial charge in [-0.2, -0.15) is 5.10 Å². The number of nitrogen functional groups attached to an aromatic ring is 1. The number of nitrogens with one attached hydrogen (secondary N) is 2. The average molecular weight is 248 g/mol. The number of carbonyl (C=O) groups excluding carboxylic acids is 1. The maximum absolute atomic E-state index is 13.4. The molecule has 0 radical (unpaired) electrons. The Bertz CT molecular complexity index is 633. The normalized spacial score (nSPS) is 10.1. The van der Waals surface area contributed by atoms with E-state index in [2.05, 4.69) is 15.5 Å². The minimum absolute atomic E-state index is 0.0119. The van der Waals surface area contributed by atoms with Crippen molar-refractivity contribution in [3.05, 3.63) is 52.2 Å². The van der Waals surface area contributed by atoms with Gasteiger partial charge in [-0.25, -0.2) is 9.49 Å². The van der Waals surface area contributed by atoms with Crippen LogP contribution in [-0.2, 0) is 0 Å². The van der Waals surface area contributed by atoms with Gasteiger partial charge < -0.3 is 11.1 Å². The fraction of sp³-hybridized carbons (Fsp3) is 0. The summed E-state index contributed by atoms with van der Waals surface area (Å²) in [5.74, 6) is -1.28. The Morgan fingerprint density at radius 3 is 2.72 bits per heavy atom. The Labute approximate surface area is 101 Å². The van der Waals surface area contributed by atoms with Gasteiger partial charge in [0.15, 0.2) is 0 Å². The summed E-state index contributed by atoms with van der Waals surface area (Å²) < 4.78 is 13.4. The minimum atomic E-state index is -0.646. The van der Waals surface area contributed by atoms with E-state index in [-0.39, 0.29) is 17.1 Å². The number of nitrogens with zero attached hydrogens (tertiary/aromatic N) is 1. The van der Waals surface area contributed by atoms with E-state index in [1.165, 1.54) is 18.2 Å². The molecular weight excluding hydrogens is 239 g/mol. The third kappa shape index (κ3) is 2.51. The standard InChI is InChI=1S/C11H9FN4O2/c12-7-5-6(13)1-2-8(7)14-11(18)9-3-4-10(17)16-15-9/h1-5H,13H2,(H,14,18)(H,16,17). The number of aromatic nitrogens is 2. The number of hydrogen-bond acceptors (Lipinski definition) is 4. The number of nitrogens with two attached hydrogens (primary N) is 1. The Hall–Kier alpha value is -2.70. The van der Waals surface area contributed by atoms with E-state index in [0.717, 1.165) is 12.1 Å². The van der Waals surface area contributed by atoms with E-state index in [0.29, 0.717) is 0 Å². The highest BCUT2D eigenvalue weighted by atomic mass is 19.1. The summed E-state index contributed by atoms with van der Waals surface area (Å²) in [5.41, 5.74) is 5.18. The molecule has 4 N–H and O–H groups in total. The Kier molecular flexibility index (Phi) is 3.05. The van der Waals surface area contributed by atoms with Gasteiger partial charge >= 0.3 is 0 Å². The first-order valence-electron chi connectivity index (χ1n) is 4.98. The second kappa shape index (κ2) is 4.66. The molecule has 0 unspecified atom stereocenters. The number of halogens is 1. The summed E-state index contributed by atoms with van der Waals surface area (Å²) in [6, 6.07) is 6.29. The summed E-state index contributed by atoms with van der Waals surface area (Å²) in [6.45, 7) is 0. The zero-order valence-electron chi connectivity index (χ0n) is 9.11. The van der Waals surface area contributed by atoms with E-state index in [1.54, 1.807) is 0 Å². The fourth-order valence-electron chi connectivity index (χ4n) is 1.29. The van der Waals surface area contributed by atoms with Crippen molar-refractivity contribution in [2.24, 2.45) is 0 Å². The van der Waals surface area contributed by atoms with Crippen LogP contribution in [0.25, 0.3) is 0 Å². The summed E-state index contributed by atoms with van der Waals surface area (Å²) in [5, 5.41) is 7.95. The molecule has 1 aromatic carbocycles. The zero-order chi connectivity index (χ0) is 13.1. The van der Waals surface area contributed by atoms with Crippen LogP contribution in [0.15, 0.2) is 35.1 Å². The van der Waals surface area contributed by atoms with E-state index in [1.807, 2.05) is 0 Å². The highest BCUT2D eigenvalue weighted by Crippen LogP contribution is 2.17. The molecule has 1 heterocycles. The quantitative estimate of drug-likeness (QED) is 0.682. The van der Waals surface area contributed by atoms with Crippen molar-refractivity contribution < 1.29 is 9.18 Å². The van der Waals surface area contributed by atoms with Crippen LogP contribution >= 0.6 is 0 Å². The van der Waals surface area contributed by atoms with E-state index >= 15 is 0 Å². The summed E-state index contributed by atoms with van der Waals surface area (Å²) in [7, 11) is 0. The molecule has 7 heteroatoms. The van der Waals surface area contributed by atoms with Crippen molar-refractivity contribution in [2.45, 2.75) is 0 Å². The molecule has 0 saturated heterocycles. The molecule has 92 valence electrons. The van der Waals surface area contributed by atoms with Gasteiger partial charge in [0, 0.05) is 11.8 Å². The summed E-state index contributed by atoms with van der Waals surface area (Å²) in [6.07, 6.45) is 0. The van der Waals surface area contributed by atoms with Crippen LogP contribution in [0.5, 0.6) is 0 Å². The number of amides is 1. The van der Waals surface area contributed by atoms with Gasteiger partial charge in [0.25, 0.3) is 11.5 Å². The highest BCUT2D eigenvalue weighted by Gasteiger charge is 2.10. The highest BCUT2D eigenvalue weighted by molar-refractivity contribution is 6.02. The number of aromatic amines is 1. The van der Waals surface area contributed by atoms with Crippen LogP contribution < -0.4 is 16.6 Å². The second-order valence-electron chi connectivity index (χ2n) is 3.50. The molecular formula is C11H9FN4O2. The maximum Gasteiger partial charge on any atom is 0.276 e. The van der Waals surface area contributed by atoms with Crippen molar-refractivity contribution in [1.29, 1.82) is 0 Å². The molecule has 0 aliphatic rings. The third-order valence-corrected chi connectivity index (χ3v) is 2.15. The van der Waals surface area contributed by atoms with Crippen LogP contribution in [0.2, 0.25) is 0 Å². The molecule has 18 heavy (non-hydrogen) atoms. The molecule has 1 aromatic heterocycles. The van der Waals surface area contributed by atoms with E-state index in [4.69, 9.17) is 5.73 Å². The van der Waals surface area contributed by atoms with Gasteiger partial charge in [-0.1, -0.05) is 0 Å². The molecule has 1 amide bonds. The van der Waals surface area contributed by atoms with Crippen molar-refractivity contribution in [3.8, 4) is 0 Å². The topological polar surface area (TPSA) is 101 Å². The van der Waals surface area contributed by atoms with Crippen LogP contribution in [0.1, 0.15) is 10.5 Å². The van der Waals surface area contributed by atoms with Gasteiger partial charge in [-0.3, -0.25) is 9.59 Å². The first kappa shape index (κ1) is 11.8. The Morgan fingerprint density at radius 2 is 2.11 bits per heavy atom. The monoisotopic (exact) mass is 248 g/mol. The fourth-order valence-corrected chi connectivity index (χ4v) is 1.29. The largest absolute Gasteiger partial charge is 0.399 e. The number of hydrogen-bond donors (Lipinski definition) is 3. The summed E-state index contributed by atoms with van der Waals surface area (Å²) in [4.78, 5) is 22.4. The Morgan fingerprint density at radius 1 is 1.33 bits per heavy atom. The molecule has 0 spiro atoms. The Balaban J connectivity index is 2.21. The van der Waals surface area contributed by atoms with Gasteiger partial charge in [0.2, 0.25) is 0 Å². The maximum atomic E-state index is 13.4. The van der Waals surface area contributed by atoms with Crippen molar-refractivity contribution >= 4 is 17.3 Å². The lowest BCUT2D eigenvalue weighted by molar-refractivity contribution is 0.102. The van der Waals surface area contributed by atoms with Crippen molar-refractivity contribution in [3.63, 3.8) is 0 Å². The predicted octanol–water partition coefficient (Wildman–Crippen LogP) is 0.744. The molecule has 0 aliphatic carbocycles. The summed E-state index contributed by atoms with van der Waals surface area (Å²) >= 11 is 0. The number of H-pyrrole nitrogens is 1. The third-order valence-electron chi connectivity index (χ3n) is 2.15. The number of rotatable bonds is 2. The van der Waals surface area contributed by atoms with Gasteiger partial charge in [0.05, 0.1) is 5.69 Å². The molecule has 0 saturated carbocycles. The zero-order valence-corrected chi connectivity index (χ0v) is 9.11. The minimum Gasteiger partial charge on any atom is -0.399 e. The van der Waals surface area contributed by atoms with Crippen molar-refractivity contribution in [2.75, 3.05) is 11.1 Å². The molecule has 0 fully saturated rings. The second-order valence-corrected chi connectivity index (χ2v) is 3.50. The lowest BCUT2D eigenvalue weighted by atomic mass is 10.2. The average Bonchev–Trinajstić information content (AvgIpc) is 2.33. The van der Waals surface area contributed by atoms with Crippen LogP contribution in [0, 0.1) is 5.82 Å². The number of anilines is 2. The lowest BCUT2D eigenvalue weighted by Crippen LogP contribution is -2.18. The van der Waals surface area contributed by atoms with E-state index < -0.39 is 17.3 Å². The van der Waals surface area contributed by atoms with Gasteiger partial charge in [-0.15, -0.1) is 0 Å². The smallest absolute Gasteiger partial charge is 0.276 e. The predicted molar refractivity (Wildman–Crippen MR) is 63.6 cm³/mol. The number of carbonyl (C=O) groups is 1. The van der Waals surface area contributed by atoms with E-state index in [9.17, 15) is 14.0 Å². The van der Waals surface area contributed by atoms with Gasteiger partial charge in [-0.05, 0) is 24.3 Å². The van der Waals surface area contributed by atoms with Crippen molar-refractivity contribution in [1.82, 2.24) is 10.2 Å². The van der Waals surface area contributed by atoms with Gasteiger partial charge in [0.1, 0.15) is 11.5 Å². The molecule has 6 nitrogen and oxygen atoms in total. The van der Waals surface area contributed by atoms with Crippen LogP contribution in [0.3, 0.4) is 0 Å².